The van der Waals surface area contributed by atoms with Gasteiger partial charge in [0.25, 0.3) is 0 Å². The molecule has 0 atom stereocenters. The fourth-order valence-electron chi connectivity index (χ4n) is 2.99. The number of carbonyl (C=O) groups is 1. The van der Waals surface area contributed by atoms with Gasteiger partial charge in [0.05, 0.1) is 6.61 Å². The van der Waals surface area contributed by atoms with Crippen molar-refractivity contribution in [1.82, 2.24) is 0 Å². The first-order valence-corrected chi connectivity index (χ1v) is 7.31. The number of aliphatic hydroxyl groups is 1. The standard InChI is InChI=1S/C16H24N2O2/c1-12-9-13(15(17)20)5-6-14(12)18-10-16(11-19)7-3-2-4-8-16/h5-6,9,18-19H,2-4,7-8,10-11H2,1H3,(H2,17,20). The van der Waals surface area contributed by atoms with Gasteiger partial charge in [-0.25, -0.2) is 0 Å². The summed E-state index contributed by atoms with van der Waals surface area (Å²) >= 11 is 0. The van der Waals surface area contributed by atoms with Crippen LogP contribution in [0.2, 0.25) is 0 Å². The summed E-state index contributed by atoms with van der Waals surface area (Å²) < 4.78 is 0. The predicted octanol–water partition coefficient (Wildman–Crippen LogP) is 2.45. The number of benzene rings is 1. The molecule has 1 aromatic rings. The van der Waals surface area contributed by atoms with Gasteiger partial charge in [-0.2, -0.15) is 0 Å². The number of anilines is 1. The number of hydrogen-bond acceptors (Lipinski definition) is 3. The lowest BCUT2D eigenvalue weighted by atomic mass is 9.74. The summed E-state index contributed by atoms with van der Waals surface area (Å²) in [6.45, 7) is 2.97. The molecule has 0 unspecified atom stereocenters. The van der Waals surface area contributed by atoms with Gasteiger partial charge in [-0.15, -0.1) is 0 Å². The van der Waals surface area contributed by atoms with Crippen LogP contribution in [0.4, 0.5) is 5.69 Å². The molecule has 4 nitrogen and oxygen atoms in total. The van der Waals surface area contributed by atoms with Crippen LogP contribution in [-0.4, -0.2) is 24.2 Å². The summed E-state index contributed by atoms with van der Waals surface area (Å²) in [6, 6.07) is 5.44. The highest BCUT2D eigenvalue weighted by atomic mass is 16.3. The second-order valence-electron chi connectivity index (χ2n) is 5.97. The van der Waals surface area contributed by atoms with Crippen molar-refractivity contribution in [2.75, 3.05) is 18.5 Å². The van der Waals surface area contributed by atoms with Crippen LogP contribution in [0.3, 0.4) is 0 Å². The third kappa shape index (κ3) is 3.31. The molecule has 4 N–H and O–H groups in total. The first kappa shape index (κ1) is 14.9. The Kier molecular flexibility index (Phi) is 4.65. The minimum Gasteiger partial charge on any atom is -0.396 e. The van der Waals surface area contributed by atoms with E-state index in [9.17, 15) is 9.90 Å². The summed E-state index contributed by atoms with van der Waals surface area (Å²) in [5.74, 6) is -0.404. The molecule has 1 aliphatic rings. The minimum absolute atomic E-state index is 0.00699. The van der Waals surface area contributed by atoms with Crippen molar-refractivity contribution in [2.45, 2.75) is 39.0 Å². The lowest BCUT2D eigenvalue weighted by Gasteiger charge is -2.36. The van der Waals surface area contributed by atoms with Crippen LogP contribution in [0.5, 0.6) is 0 Å². The Morgan fingerprint density at radius 2 is 2.05 bits per heavy atom. The van der Waals surface area contributed by atoms with E-state index in [0.717, 1.165) is 30.6 Å². The molecule has 2 rings (SSSR count). The van der Waals surface area contributed by atoms with Crippen molar-refractivity contribution in [3.8, 4) is 0 Å². The number of hydrogen-bond donors (Lipinski definition) is 3. The van der Waals surface area contributed by atoms with E-state index >= 15 is 0 Å². The van der Waals surface area contributed by atoms with E-state index in [1.54, 1.807) is 12.1 Å². The van der Waals surface area contributed by atoms with E-state index in [-0.39, 0.29) is 12.0 Å². The van der Waals surface area contributed by atoms with E-state index in [1.807, 2.05) is 13.0 Å². The van der Waals surface area contributed by atoms with E-state index < -0.39 is 5.91 Å². The number of amides is 1. The second-order valence-corrected chi connectivity index (χ2v) is 5.97. The van der Waals surface area contributed by atoms with Gasteiger partial charge in [-0.3, -0.25) is 4.79 Å². The maximum Gasteiger partial charge on any atom is 0.248 e. The van der Waals surface area contributed by atoms with Gasteiger partial charge in [0.15, 0.2) is 0 Å². The third-order valence-corrected chi connectivity index (χ3v) is 4.41. The molecule has 0 bridgehead atoms. The Labute approximate surface area is 120 Å². The Bertz CT molecular complexity index is 479. The number of primary amides is 1. The summed E-state index contributed by atoms with van der Waals surface area (Å²) in [7, 11) is 0. The van der Waals surface area contributed by atoms with Crippen molar-refractivity contribution in [2.24, 2.45) is 11.1 Å². The molecule has 20 heavy (non-hydrogen) atoms. The summed E-state index contributed by atoms with van der Waals surface area (Å²) in [4.78, 5) is 11.1. The van der Waals surface area contributed by atoms with Gasteiger partial charge in [-0.05, 0) is 43.5 Å². The van der Waals surface area contributed by atoms with Crippen molar-refractivity contribution in [3.05, 3.63) is 29.3 Å². The lowest BCUT2D eigenvalue weighted by Crippen LogP contribution is -2.35. The van der Waals surface area contributed by atoms with Gasteiger partial charge in [-0.1, -0.05) is 19.3 Å². The second kappa shape index (κ2) is 6.27. The van der Waals surface area contributed by atoms with Crippen LogP contribution in [0.15, 0.2) is 18.2 Å². The number of aryl methyl sites for hydroxylation is 1. The molecule has 1 aromatic carbocycles. The highest BCUT2D eigenvalue weighted by Crippen LogP contribution is 2.36. The monoisotopic (exact) mass is 276 g/mol. The molecule has 4 heteroatoms. The molecule has 0 heterocycles. The maximum atomic E-state index is 11.1. The fraction of sp³-hybridized carbons (Fsp3) is 0.562. The average Bonchev–Trinajstić information content (AvgIpc) is 2.47. The van der Waals surface area contributed by atoms with Crippen molar-refractivity contribution in [3.63, 3.8) is 0 Å². The molecule has 0 aliphatic heterocycles. The van der Waals surface area contributed by atoms with Crippen molar-refractivity contribution < 1.29 is 9.90 Å². The topological polar surface area (TPSA) is 75.4 Å². The number of nitrogens with one attached hydrogen (secondary N) is 1. The molecular formula is C16H24N2O2. The van der Waals surface area contributed by atoms with E-state index in [4.69, 9.17) is 5.73 Å². The molecule has 1 fully saturated rings. The number of aliphatic hydroxyl groups excluding tert-OH is 1. The number of nitrogens with two attached hydrogens (primary N) is 1. The van der Waals surface area contributed by atoms with E-state index in [0.29, 0.717) is 5.56 Å². The zero-order chi connectivity index (χ0) is 14.6. The van der Waals surface area contributed by atoms with E-state index in [1.165, 1.54) is 19.3 Å². The zero-order valence-corrected chi connectivity index (χ0v) is 12.1. The molecule has 110 valence electrons. The van der Waals surface area contributed by atoms with E-state index in [2.05, 4.69) is 5.32 Å². The predicted molar refractivity (Wildman–Crippen MR) is 80.8 cm³/mol. The molecule has 1 saturated carbocycles. The summed E-state index contributed by atoms with van der Waals surface area (Å²) in [5.41, 5.74) is 7.82. The van der Waals surface area contributed by atoms with Gasteiger partial charge in [0.2, 0.25) is 5.91 Å². The largest absolute Gasteiger partial charge is 0.396 e. The highest BCUT2D eigenvalue weighted by Gasteiger charge is 2.31. The van der Waals surface area contributed by atoms with Gasteiger partial charge >= 0.3 is 0 Å². The van der Waals surface area contributed by atoms with Crippen LogP contribution >= 0.6 is 0 Å². The molecule has 1 aliphatic carbocycles. The lowest BCUT2D eigenvalue weighted by molar-refractivity contribution is 0.0944. The molecule has 0 spiro atoms. The van der Waals surface area contributed by atoms with Crippen LogP contribution < -0.4 is 11.1 Å². The highest BCUT2D eigenvalue weighted by molar-refractivity contribution is 5.93. The normalized spacial score (nSPS) is 17.7. The van der Waals surface area contributed by atoms with Crippen LogP contribution in [0.25, 0.3) is 0 Å². The smallest absolute Gasteiger partial charge is 0.248 e. The first-order chi connectivity index (χ1) is 9.56. The van der Waals surface area contributed by atoms with Gasteiger partial charge < -0.3 is 16.2 Å². The molecular weight excluding hydrogens is 252 g/mol. The Balaban J connectivity index is 2.04. The summed E-state index contributed by atoms with van der Waals surface area (Å²) in [6.07, 6.45) is 5.82. The van der Waals surface area contributed by atoms with Crippen molar-refractivity contribution in [1.29, 1.82) is 0 Å². The van der Waals surface area contributed by atoms with Gasteiger partial charge in [0, 0.05) is 23.2 Å². The molecule has 0 saturated heterocycles. The summed E-state index contributed by atoms with van der Waals surface area (Å²) in [5, 5.41) is 13.1. The van der Waals surface area contributed by atoms with Crippen LogP contribution in [-0.2, 0) is 0 Å². The fourth-order valence-corrected chi connectivity index (χ4v) is 2.99. The van der Waals surface area contributed by atoms with Crippen LogP contribution in [0, 0.1) is 12.3 Å². The van der Waals surface area contributed by atoms with Crippen LogP contribution in [0.1, 0.15) is 48.0 Å². The first-order valence-electron chi connectivity index (χ1n) is 7.31. The number of carbonyl (C=O) groups excluding carboxylic acids is 1. The Morgan fingerprint density at radius 1 is 1.35 bits per heavy atom. The Hall–Kier alpha value is -1.55. The molecule has 0 aromatic heterocycles. The molecule has 0 radical (unpaired) electrons. The quantitative estimate of drug-likeness (QED) is 0.773. The van der Waals surface area contributed by atoms with Crippen molar-refractivity contribution >= 4 is 11.6 Å². The Morgan fingerprint density at radius 3 is 2.60 bits per heavy atom. The minimum atomic E-state index is -0.404. The maximum absolute atomic E-state index is 11.1. The SMILES string of the molecule is Cc1cc(C(N)=O)ccc1NCC1(CO)CCCCC1. The zero-order valence-electron chi connectivity index (χ0n) is 12.1. The molecule has 1 amide bonds. The third-order valence-electron chi connectivity index (χ3n) is 4.41. The van der Waals surface area contributed by atoms with Gasteiger partial charge in [0.1, 0.15) is 0 Å². The number of rotatable bonds is 5. The average molecular weight is 276 g/mol.